The van der Waals surface area contributed by atoms with Crippen LogP contribution in [0.3, 0.4) is 0 Å². The van der Waals surface area contributed by atoms with Crippen LogP contribution in [0.5, 0.6) is 0 Å². The predicted molar refractivity (Wildman–Crippen MR) is 205 cm³/mol. The van der Waals surface area contributed by atoms with Gasteiger partial charge in [0, 0.05) is 0 Å². The fourth-order valence-electron chi connectivity index (χ4n) is 8.01. The molecule has 0 unspecified atom stereocenters. The Balaban J connectivity index is 1.67. The van der Waals surface area contributed by atoms with Crippen molar-refractivity contribution in [2.24, 2.45) is 11.3 Å². The Kier molecular flexibility index (Phi) is 12.7. The van der Waals surface area contributed by atoms with Gasteiger partial charge < -0.3 is 13.3 Å². The predicted octanol–water partition coefficient (Wildman–Crippen LogP) is 13.0. The van der Waals surface area contributed by atoms with Crippen molar-refractivity contribution in [3.63, 3.8) is 0 Å². The quantitative estimate of drug-likeness (QED) is 0.204. The maximum absolute atomic E-state index is 7.07. The van der Waals surface area contributed by atoms with Gasteiger partial charge in [-0.25, -0.2) is 0 Å². The molecule has 3 aliphatic carbocycles. The molecule has 0 aromatic carbocycles. The van der Waals surface area contributed by atoms with Crippen molar-refractivity contribution in [2.75, 3.05) is 0 Å². The molecule has 4 atom stereocenters. The Labute approximate surface area is 284 Å². The van der Waals surface area contributed by atoms with Gasteiger partial charge in [0.1, 0.15) is 0 Å². The van der Waals surface area contributed by atoms with Crippen LogP contribution in [0.1, 0.15) is 139 Å². The zero-order valence-electron chi connectivity index (χ0n) is 32.8. The zero-order valence-corrected chi connectivity index (χ0v) is 35.8. The maximum atomic E-state index is 7.07. The van der Waals surface area contributed by atoms with Crippen LogP contribution in [0, 0.1) is 11.3 Å². The Morgan fingerprint density at radius 1 is 0.756 bits per heavy atom. The standard InChI is InChI=1S/C39H76O3Si3/c1-36(2,3)44(12,13)40-34-26-33(27-35(28-34)41-45(14,15)37(4,5)6)21-20-31-19-17-24-39(29-31)25-22-32(30-39)18-16-23-38(7,8)42-43(9,10)11/h20-21,32,34-35H,16-19,22-30H2,1-15H3/b31-20-/t32-,34+,35+,39+/m0/s1. The monoisotopic (exact) mass is 677 g/mol. The van der Waals surface area contributed by atoms with E-state index in [1.165, 1.54) is 64.2 Å². The van der Waals surface area contributed by atoms with Crippen LogP contribution >= 0.6 is 0 Å². The first-order chi connectivity index (χ1) is 20.3. The van der Waals surface area contributed by atoms with E-state index < -0.39 is 25.0 Å². The average molecular weight is 677 g/mol. The first-order valence-electron chi connectivity index (χ1n) is 18.7. The molecule has 0 aromatic heterocycles. The highest BCUT2D eigenvalue weighted by Gasteiger charge is 2.44. The zero-order chi connectivity index (χ0) is 34.1. The molecule has 0 radical (unpaired) electrons. The highest BCUT2D eigenvalue weighted by molar-refractivity contribution is 6.74. The summed E-state index contributed by atoms with van der Waals surface area (Å²) in [4.78, 5) is 0. The molecule has 6 heteroatoms. The minimum atomic E-state index is -1.85. The highest BCUT2D eigenvalue weighted by Crippen LogP contribution is 2.54. The maximum Gasteiger partial charge on any atom is 0.192 e. The third-order valence-corrected chi connectivity index (χ3v) is 22.4. The molecule has 3 aliphatic rings. The summed E-state index contributed by atoms with van der Waals surface area (Å²) in [7, 11) is -5.21. The van der Waals surface area contributed by atoms with E-state index in [0.717, 1.165) is 25.2 Å². The molecule has 3 nitrogen and oxygen atoms in total. The van der Waals surface area contributed by atoms with E-state index >= 15 is 0 Å². The largest absolute Gasteiger partial charge is 0.414 e. The Hall–Kier alpha value is 0.0106. The highest BCUT2D eigenvalue weighted by atomic mass is 28.4. The van der Waals surface area contributed by atoms with Crippen molar-refractivity contribution in [1.82, 2.24) is 0 Å². The second-order valence-corrected chi connectivity index (χ2v) is 34.2. The van der Waals surface area contributed by atoms with Gasteiger partial charge in [-0.3, -0.25) is 0 Å². The van der Waals surface area contributed by atoms with Gasteiger partial charge in [0.05, 0.1) is 17.8 Å². The van der Waals surface area contributed by atoms with Crippen LogP contribution in [-0.2, 0) is 13.3 Å². The summed E-state index contributed by atoms with van der Waals surface area (Å²) in [6, 6.07) is 0. The SMILES string of the molecule is CC(C)(CCC[C@H]1CC[C@@]2(CCC/C(=C/C=C3C[C@@H](O[Si](C)(C)C(C)(C)C)C[C@H](O[Si](C)(C)C(C)(C)C)C3)C2)C1)O[Si](C)(C)C. The van der Waals surface area contributed by atoms with Gasteiger partial charge >= 0.3 is 0 Å². The van der Waals surface area contributed by atoms with Gasteiger partial charge in [0.2, 0.25) is 0 Å². The first kappa shape index (κ1) is 39.4. The van der Waals surface area contributed by atoms with Gasteiger partial charge in [-0.1, -0.05) is 77.7 Å². The molecule has 0 N–H and O–H groups in total. The van der Waals surface area contributed by atoms with E-state index in [2.05, 4.69) is 113 Å². The fourth-order valence-corrected chi connectivity index (χ4v) is 12.5. The summed E-state index contributed by atoms with van der Waals surface area (Å²) in [5, 5.41) is 0.444. The van der Waals surface area contributed by atoms with Gasteiger partial charge in [0.25, 0.3) is 0 Å². The van der Waals surface area contributed by atoms with Gasteiger partial charge in [-0.2, -0.15) is 0 Å². The molecule has 0 amide bonds. The second kappa shape index (κ2) is 14.5. The second-order valence-electron chi connectivity index (χ2n) is 20.3. The molecule has 0 heterocycles. The molecule has 45 heavy (non-hydrogen) atoms. The average Bonchev–Trinajstić information content (AvgIpc) is 3.20. The minimum absolute atomic E-state index is 0.0254. The van der Waals surface area contributed by atoms with E-state index in [1.807, 2.05) is 0 Å². The van der Waals surface area contributed by atoms with Crippen molar-refractivity contribution in [1.29, 1.82) is 0 Å². The van der Waals surface area contributed by atoms with Gasteiger partial charge in [-0.15, -0.1) is 0 Å². The van der Waals surface area contributed by atoms with Crippen molar-refractivity contribution in [2.45, 2.75) is 213 Å². The van der Waals surface area contributed by atoms with E-state index in [4.69, 9.17) is 13.3 Å². The first-order valence-corrected chi connectivity index (χ1v) is 28.0. The van der Waals surface area contributed by atoms with Crippen LogP contribution in [0.15, 0.2) is 23.3 Å². The van der Waals surface area contributed by atoms with Gasteiger partial charge in [0.15, 0.2) is 25.0 Å². The number of rotatable bonds is 11. The van der Waals surface area contributed by atoms with Crippen LogP contribution in [0.25, 0.3) is 0 Å². The molecule has 3 saturated carbocycles. The molecule has 0 bridgehead atoms. The smallest absolute Gasteiger partial charge is 0.192 e. The van der Waals surface area contributed by atoms with Crippen LogP contribution in [-0.4, -0.2) is 42.8 Å². The lowest BCUT2D eigenvalue weighted by Crippen LogP contribution is -2.48. The van der Waals surface area contributed by atoms with Crippen LogP contribution < -0.4 is 0 Å². The molecule has 0 aromatic rings. The van der Waals surface area contributed by atoms with E-state index in [1.54, 1.807) is 11.1 Å². The molecule has 3 rings (SSSR count). The van der Waals surface area contributed by atoms with Crippen molar-refractivity contribution in [3.8, 4) is 0 Å². The molecule has 3 fully saturated rings. The lowest BCUT2D eigenvalue weighted by Gasteiger charge is -2.45. The molecule has 0 saturated heterocycles. The lowest BCUT2D eigenvalue weighted by atomic mass is 9.70. The Morgan fingerprint density at radius 3 is 1.80 bits per heavy atom. The summed E-state index contributed by atoms with van der Waals surface area (Å²) in [5.74, 6) is 0.908. The number of hydrogen-bond donors (Lipinski definition) is 0. The van der Waals surface area contributed by atoms with Crippen molar-refractivity contribution in [3.05, 3.63) is 23.3 Å². The van der Waals surface area contributed by atoms with Crippen LogP contribution in [0.2, 0.25) is 55.9 Å². The molecule has 0 aliphatic heterocycles. The van der Waals surface area contributed by atoms with E-state index in [9.17, 15) is 0 Å². The third kappa shape index (κ3) is 11.8. The molecular formula is C39H76O3Si3. The van der Waals surface area contributed by atoms with Crippen molar-refractivity contribution >= 4 is 25.0 Å². The topological polar surface area (TPSA) is 27.7 Å². The molecule has 262 valence electrons. The summed E-state index contributed by atoms with van der Waals surface area (Å²) in [6.45, 7) is 35.4. The normalized spacial score (nSPS) is 28.7. The summed E-state index contributed by atoms with van der Waals surface area (Å²) in [5.41, 5.74) is 3.84. The van der Waals surface area contributed by atoms with E-state index in [0.29, 0.717) is 5.41 Å². The lowest BCUT2D eigenvalue weighted by molar-refractivity contribution is 0.0725. The molecule has 1 spiro atoms. The minimum Gasteiger partial charge on any atom is -0.414 e. The Morgan fingerprint density at radius 2 is 1.29 bits per heavy atom. The third-order valence-electron chi connectivity index (χ3n) is 12.2. The fraction of sp³-hybridized carbons (Fsp3) is 0.897. The van der Waals surface area contributed by atoms with Gasteiger partial charge in [-0.05, 0) is 152 Å². The summed E-state index contributed by atoms with van der Waals surface area (Å²) < 4.78 is 20.6. The number of hydrogen-bond acceptors (Lipinski definition) is 3. The van der Waals surface area contributed by atoms with Crippen molar-refractivity contribution < 1.29 is 13.3 Å². The van der Waals surface area contributed by atoms with E-state index in [-0.39, 0.29) is 27.9 Å². The summed E-state index contributed by atoms with van der Waals surface area (Å²) >= 11 is 0. The summed E-state index contributed by atoms with van der Waals surface area (Å²) in [6.07, 6.45) is 22.4. The Bertz CT molecular complexity index is 999. The number of allylic oxidation sites excluding steroid dienone is 3. The molecular weight excluding hydrogens is 601 g/mol. The van der Waals surface area contributed by atoms with Crippen LogP contribution in [0.4, 0.5) is 0 Å².